The second-order valence-corrected chi connectivity index (χ2v) is 4.62. The lowest BCUT2D eigenvalue weighted by Crippen LogP contribution is -2.55. The van der Waals surface area contributed by atoms with Gasteiger partial charge in [-0.2, -0.15) is 13.1 Å². The van der Waals surface area contributed by atoms with Crippen molar-refractivity contribution in [2.24, 2.45) is 5.73 Å². The van der Waals surface area contributed by atoms with Gasteiger partial charge in [0.25, 0.3) is 10.2 Å². The Bertz CT molecular complexity index is 226. The highest BCUT2D eigenvalue weighted by atomic mass is 32.2. The number of nitrogens with two attached hydrogens (primary N) is 1. The summed E-state index contributed by atoms with van der Waals surface area (Å²) in [5.74, 6) is 0. The van der Waals surface area contributed by atoms with Crippen LogP contribution in [-0.4, -0.2) is 27.5 Å². The summed E-state index contributed by atoms with van der Waals surface area (Å²) in [5.41, 5.74) is 5.02. The number of hydrogen-bond acceptors (Lipinski definition) is 3. The molecule has 13 heavy (non-hydrogen) atoms. The SMILES string of the molecule is CCC(CC)(CN)NS(=O)(=O)NC. The molecule has 0 radical (unpaired) electrons. The van der Waals surface area contributed by atoms with Crippen molar-refractivity contribution in [2.45, 2.75) is 32.2 Å². The monoisotopic (exact) mass is 209 g/mol. The summed E-state index contributed by atoms with van der Waals surface area (Å²) in [6.07, 6.45) is 1.36. The van der Waals surface area contributed by atoms with Crippen LogP contribution in [0.3, 0.4) is 0 Å². The molecule has 0 saturated carbocycles. The van der Waals surface area contributed by atoms with E-state index in [1.165, 1.54) is 7.05 Å². The van der Waals surface area contributed by atoms with Gasteiger partial charge in [-0.1, -0.05) is 13.8 Å². The zero-order chi connectivity index (χ0) is 10.5. The van der Waals surface area contributed by atoms with Crippen molar-refractivity contribution in [3.63, 3.8) is 0 Å². The quantitative estimate of drug-likeness (QED) is 0.554. The summed E-state index contributed by atoms with van der Waals surface area (Å²) in [5, 5.41) is 0. The predicted octanol–water partition coefficient (Wildman–Crippen LogP) is -0.442. The summed E-state index contributed by atoms with van der Waals surface area (Å²) in [6.45, 7) is 4.13. The summed E-state index contributed by atoms with van der Waals surface area (Å²) >= 11 is 0. The smallest absolute Gasteiger partial charge is 0.277 e. The largest absolute Gasteiger partial charge is 0.329 e. The molecule has 0 heterocycles. The molecule has 0 bridgehead atoms. The molecule has 80 valence electrons. The van der Waals surface area contributed by atoms with E-state index in [0.717, 1.165) is 0 Å². The van der Waals surface area contributed by atoms with Crippen LogP contribution in [-0.2, 0) is 10.2 Å². The van der Waals surface area contributed by atoms with Crippen LogP contribution < -0.4 is 15.2 Å². The van der Waals surface area contributed by atoms with Gasteiger partial charge in [-0.3, -0.25) is 0 Å². The average molecular weight is 209 g/mol. The van der Waals surface area contributed by atoms with E-state index in [9.17, 15) is 8.42 Å². The third-order valence-corrected chi connectivity index (χ3v) is 3.60. The molecule has 0 aromatic carbocycles. The van der Waals surface area contributed by atoms with Crippen molar-refractivity contribution < 1.29 is 8.42 Å². The first-order valence-corrected chi connectivity index (χ1v) is 5.86. The van der Waals surface area contributed by atoms with E-state index < -0.39 is 15.7 Å². The molecule has 0 unspecified atom stereocenters. The van der Waals surface area contributed by atoms with Gasteiger partial charge in [0.1, 0.15) is 0 Å². The van der Waals surface area contributed by atoms with Crippen LogP contribution in [0.4, 0.5) is 0 Å². The molecule has 0 aromatic heterocycles. The zero-order valence-corrected chi connectivity index (χ0v) is 9.24. The molecule has 0 spiro atoms. The maximum absolute atomic E-state index is 11.2. The molecular weight excluding hydrogens is 190 g/mol. The van der Waals surface area contributed by atoms with E-state index in [2.05, 4.69) is 9.44 Å². The van der Waals surface area contributed by atoms with Crippen LogP contribution in [0, 0.1) is 0 Å². The fraction of sp³-hybridized carbons (Fsp3) is 1.00. The van der Waals surface area contributed by atoms with E-state index in [4.69, 9.17) is 5.73 Å². The van der Waals surface area contributed by atoms with Crippen molar-refractivity contribution in [2.75, 3.05) is 13.6 Å². The molecule has 0 saturated heterocycles. The minimum absolute atomic E-state index is 0.306. The second kappa shape index (κ2) is 4.90. The summed E-state index contributed by atoms with van der Waals surface area (Å²) in [4.78, 5) is 0. The Morgan fingerprint density at radius 1 is 1.31 bits per heavy atom. The molecule has 0 aliphatic rings. The van der Waals surface area contributed by atoms with Crippen molar-refractivity contribution in [1.29, 1.82) is 0 Å². The molecular formula is C7H19N3O2S. The van der Waals surface area contributed by atoms with E-state index >= 15 is 0 Å². The van der Waals surface area contributed by atoms with Crippen LogP contribution in [0.15, 0.2) is 0 Å². The molecule has 0 aliphatic heterocycles. The summed E-state index contributed by atoms with van der Waals surface area (Å²) < 4.78 is 27.2. The molecule has 0 rings (SSSR count). The molecule has 0 aliphatic carbocycles. The van der Waals surface area contributed by atoms with Crippen LogP contribution in [0.2, 0.25) is 0 Å². The molecule has 5 nitrogen and oxygen atoms in total. The molecule has 0 amide bonds. The van der Waals surface area contributed by atoms with Gasteiger partial charge in [-0.25, -0.2) is 4.72 Å². The Balaban J connectivity index is 4.61. The summed E-state index contributed by atoms with van der Waals surface area (Å²) in [7, 11) is -2.02. The van der Waals surface area contributed by atoms with Gasteiger partial charge in [0.05, 0.1) is 0 Å². The number of nitrogens with one attached hydrogen (secondary N) is 2. The first-order valence-electron chi connectivity index (χ1n) is 4.37. The Morgan fingerprint density at radius 2 is 1.77 bits per heavy atom. The fourth-order valence-corrected chi connectivity index (χ4v) is 2.10. The average Bonchev–Trinajstić information content (AvgIpc) is 2.14. The van der Waals surface area contributed by atoms with E-state index in [0.29, 0.717) is 19.4 Å². The third kappa shape index (κ3) is 3.60. The first-order chi connectivity index (χ1) is 5.95. The topological polar surface area (TPSA) is 84.2 Å². The van der Waals surface area contributed by atoms with Crippen LogP contribution in [0.25, 0.3) is 0 Å². The minimum atomic E-state index is -3.39. The number of hydrogen-bond donors (Lipinski definition) is 3. The highest BCUT2D eigenvalue weighted by molar-refractivity contribution is 7.87. The normalized spacial score (nSPS) is 13.2. The lowest BCUT2D eigenvalue weighted by molar-refractivity contribution is 0.361. The van der Waals surface area contributed by atoms with Gasteiger partial charge in [0, 0.05) is 19.1 Å². The molecule has 6 heteroatoms. The molecule has 0 fully saturated rings. The van der Waals surface area contributed by atoms with Gasteiger partial charge in [0.15, 0.2) is 0 Å². The first kappa shape index (κ1) is 12.8. The van der Waals surface area contributed by atoms with Gasteiger partial charge < -0.3 is 5.73 Å². The van der Waals surface area contributed by atoms with Gasteiger partial charge in [0.2, 0.25) is 0 Å². The van der Waals surface area contributed by atoms with Crippen molar-refractivity contribution in [1.82, 2.24) is 9.44 Å². The van der Waals surface area contributed by atoms with Gasteiger partial charge in [-0.05, 0) is 12.8 Å². The van der Waals surface area contributed by atoms with Crippen molar-refractivity contribution in [3.8, 4) is 0 Å². The Kier molecular flexibility index (Phi) is 4.83. The van der Waals surface area contributed by atoms with Crippen molar-refractivity contribution in [3.05, 3.63) is 0 Å². The zero-order valence-electron chi connectivity index (χ0n) is 8.42. The predicted molar refractivity (Wildman–Crippen MR) is 53.5 cm³/mol. The highest BCUT2D eigenvalue weighted by Gasteiger charge is 2.28. The lowest BCUT2D eigenvalue weighted by atomic mass is 9.95. The van der Waals surface area contributed by atoms with Gasteiger partial charge >= 0.3 is 0 Å². The Hall–Kier alpha value is -0.170. The lowest BCUT2D eigenvalue weighted by Gasteiger charge is -2.30. The van der Waals surface area contributed by atoms with Gasteiger partial charge in [-0.15, -0.1) is 0 Å². The second-order valence-electron chi connectivity index (χ2n) is 3.00. The third-order valence-electron chi connectivity index (χ3n) is 2.36. The molecule has 0 atom stereocenters. The maximum atomic E-state index is 11.2. The highest BCUT2D eigenvalue weighted by Crippen LogP contribution is 2.13. The van der Waals surface area contributed by atoms with E-state index in [-0.39, 0.29) is 0 Å². The summed E-state index contributed by atoms with van der Waals surface area (Å²) in [6, 6.07) is 0. The maximum Gasteiger partial charge on any atom is 0.277 e. The van der Waals surface area contributed by atoms with Crippen LogP contribution in [0.1, 0.15) is 26.7 Å². The Labute approximate surface area is 80.3 Å². The fourth-order valence-electron chi connectivity index (χ4n) is 1.06. The number of rotatable bonds is 6. The Morgan fingerprint density at radius 3 is 2.00 bits per heavy atom. The van der Waals surface area contributed by atoms with Crippen LogP contribution >= 0.6 is 0 Å². The van der Waals surface area contributed by atoms with E-state index in [1.807, 2.05) is 13.8 Å². The van der Waals surface area contributed by atoms with E-state index in [1.54, 1.807) is 0 Å². The standard InChI is InChI=1S/C7H19N3O2S/c1-4-7(5-2,6-8)10-13(11,12)9-3/h9-10H,4-6,8H2,1-3H3. The minimum Gasteiger partial charge on any atom is -0.329 e. The van der Waals surface area contributed by atoms with Crippen molar-refractivity contribution >= 4 is 10.2 Å². The molecule has 4 N–H and O–H groups in total. The molecule has 0 aromatic rings. The van der Waals surface area contributed by atoms with Crippen LogP contribution in [0.5, 0.6) is 0 Å².